The number of benzene rings is 1. The van der Waals surface area contributed by atoms with Gasteiger partial charge in [-0.2, -0.15) is 0 Å². The van der Waals surface area contributed by atoms with Gasteiger partial charge < -0.3 is 9.80 Å². The van der Waals surface area contributed by atoms with Gasteiger partial charge in [0.05, 0.1) is 22.2 Å². The molecule has 1 unspecified atom stereocenters. The van der Waals surface area contributed by atoms with E-state index >= 15 is 0 Å². The number of aryl methyl sites for hydroxylation is 2. The highest BCUT2D eigenvalue weighted by Gasteiger charge is 2.31. The Morgan fingerprint density at radius 1 is 1.22 bits per heavy atom. The van der Waals surface area contributed by atoms with E-state index in [4.69, 9.17) is 0 Å². The van der Waals surface area contributed by atoms with Crippen molar-refractivity contribution in [3.63, 3.8) is 0 Å². The first-order chi connectivity index (χ1) is 17.3. The van der Waals surface area contributed by atoms with Gasteiger partial charge in [0.1, 0.15) is 0 Å². The number of thiazole rings is 1. The van der Waals surface area contributed by atoms with E-state index in [1.165, 1.54) is 46.9 Å². The topological polar surface area (TPSA) is 95.5 Å². The number of amides is 3. The van der Waals surface area contributed by atoms with Gasteiger partial charge in [0.15, 0.2) is 5.13 Å². The summed E-state index contributed by atoms with van der Waals surface area (Å²) in [5.41, 5.74) is 3.14. The van der Waals surface area contributed by atoms with Crippen LogP contribution in [0, 0.1) is 13.8 Å². The maximum Gasteiger partial charge on any atom is 0.259 e. The molecule has 0 spiro atoms. The summed E-state index contributed by atoms with van der Waals surface area (Å²) in [6, 6.07) is 3.94. The first kappa shape index (κ1) is 26.1. The van der Waals surface area contributed by atoms with Crippen molar-refractivity contribution >= 4 is 57.5 Å². The largest absolute Gasteiger partial charge is 0.335 e. The molecular weight excluding hydrogens is 515 g/mol. The van der Waals surface area contributed by atoms with Crippen molar-refractivity contribution < 1.29 is 14.4 Å². The van der Waals surface area contributed by atoms with Crippen molar-refractivity contribution in [3.8, 4) is 0 Å². The first-order valence-corrected chi connectivity index (χ1v) is 14.0. The summed E-state index contributed by atoms with van der Waals surface area (Å²) in [6.45, 7) is 11.1. The molecule has 36 heavy (non-hydrogen) atoms. The maximum absolute atomic E-state index is 13.5. The Morgan fingerprint density at radius 3 is 2.72 bits per heavy atom. The third-order valence-corrected chi connectivity index (χ3v) is 8.82. The van der Waals surface area contributed by atoms with Crippen molar-refractivity contribution in [1.29, 1.82) is 0 Å². The quantitative estimate of drug-likeness (QED) is 0.429. The Balaban J connectivity index is 1.48. The molecule has 188 valence electrons. The van der Waals surface area contributed by atoms with Crippen LogP contribution in [0.25, 0.3) is 0 Å². The molecular formula is C25H27N5O3S3. The van der Waals surface area contributed by atoms with E-state index in [0.29, 0.717) is 35.9 Å². The minimum atomic E-state index is -0.241. The SMILES string of the molecule is C=CC(=O)N1CCN(C(=O)c2cc(Sc3cnc(NC(=O)c4cnsc4)s3)c(C)cc2C)CC1CC. The number of carbonyl (C=O) groups is 3. The van der Waals surface area contributed by atoms with Gasteiger partial charge in [-0.15, -0.1) is 0 Å². The number of carbonyl (C=O) groups excluding carboxylic acids is 3. The first-order valence-electron chi connectivity index (χ1n) is 11.5. The number of nitrogens with zero attached hydrogens (tertiary/aromatic N) is 4. The van der Waals surface area contributed by atoms with Crippen molar-refractivity contribution in [2.75, 3.05) is 25.0 Å². The fourth-order valence-electron chi connectivity index (χ4n) is 4.10. The van der Waals surface area contributed by atoms with Crippen LogP contribution >= 0.6 is 34.6 Å². The molecule has 0 bridgehead atoms. The molecule has 3 heterocycles. The van der Waals surface area contributed by atoms with Crippen LogP contribution in [0.4, 0.5) is 5.13 Å². The van der Waals surface area contributed by atoms with E-state index in [1.807, 2.05) is 37.8 Å². The fraction of sp³-hybridized carbons (Fsp3) is 0.320. The van der Waals surface area contributed by atoms with Crippen molar-refractivity contribution in [1.82, 2.24) is 19.2 Å². The van der Waals surface area contributed by atoms with E-state index in [9.17, 15) is 14.4 Å². The summed E-state index contributed by atoms with van der Waals surface area (Å²) in [5.74, 6) is -0.360. The number of anilines is 1. The van der Waals surface area contributed by atoms with Gasteiger partial charge >= 0.3 is 0 Å². The molecule has 1 atom stereocenters. The molecule has 4 rings (SSSR count). The van der Waals surface area contributed by atoms with Gasteiger partial charge in [-0.25, -0.2) is 9.36 Å². The second kappa shape index (κ2) is 11.4. The summed E-state index contributed by atoms with van der Waals surface area (Å²) in [5, 5.41) is 4.99. The van der Waals surface area contributed by atoms with Crippen LogP contribution < -0.4 is 5.32 Å². The van der Waals surface area contributed by atoms with E-state index < -0.39 is 0 Å². The van der Waals surface area contributed by atoms with Gasteiger partial charge in [0.2, 0.25) is 5.91 Å². The lowest BCUT2D eigenvalue weighted by atomic mass is 10.0. The predicted octanol–water partition coefficient (Wildman–Crippen LogP) is 4.87. The Morgan fingerprint density at radius 2 is 2.03 bits per heavy atom. The van der Waals surface area contributed by atoms with Crippen LogP contribution in [-0.4, -0.2) is 62.6 Å². The van der Waals surface area contributed by atoms with Gasteiger partial charge in [-0.1, -0.05) is 42.7 Å². The Bertz CT molecular complexity index is 1290. The molecule has 1 aromatic carbocycles. The summed E-state index contributed by atoms with van der Waals surface area (Å²) < 4.78 is 4.85. The Hall–Kier alpha value is -3.02. The summed E-state index contributed by atoms with van der Waals surface area (Å²) >= 11 is 4.12. The zero-order chi connectivity index (χ0) is 25.8. The second-order valence-corrected chi connectivity index (χ2v) is 11.5. The van der Waals surface area contributed by atoms with Crippen molar-refractivity contribution in [2.45, 2.75) is 42.3 Å². The number of piperazine rings is 1. The van der Waals surface area contributed by atoms with Crippen LogP contribution in [0.3, 0.4) is 0 Å². The van der Waals surface area contributed by atoms with E-state index in [2.05, 4.69) is 21.3 Å². The van der Waals surface area contributed by atoms with E-state index in [0.717, 1.165) is 26.7 Å². The molecule has 1 N–H and O–H groups in total. The highest BCUT2D eigenvalue weighted by atomic mass is 32.2. The minimum Gasteiger partial charge on any atom is -0.335 e. The fourth-order valence-corrected chi connectivity index (χ4v) is 6.55. The zero-order valence-electron chi connectivity index (χ0n) is 20.3. The van der Waals surface area contributed by atoms with Gasteiger partial charge in [0.25, 0.3) is 11.8 Å². The minimum absolute atomic E-state index is 0.0245. The average molecular weight is 542 g/mol. The zero-order valence-corrected chi connectivity index (χ0v) is 22.8. The highest BCUT2D eigenvalue weighted by molar-refractivity contribution is 8.01. The number of aromatic nitrogens is 2. The summed E-state index contributed by atoms with van der Waals surface area (Å²) in [7, 11) is 0. The molecule has 3 amide bonds. The molecule has 1 saturated heterocycles. The van der Waals surface area contributed by atoms with Crippen molar-refractivity contribution in [3.05, 3.63) is 64.8 Å². The third-order valence-electron chi connectivity index (χ3n) is 6.06. The number of rotatable bonds is 7. The van der Waals surface area contributed by atoms with Crippen LogP contribution in [-0.2, 0) is 4.79 Å². The number of hydrogen-bond acceptors (Lipinski definition) is 8. The van der Waals surface area contributed by atoms with Crippen LogP contribution in [0.2, 0.25) is 0 Å². The predicted molar refractivity (Wildman–Crippen MR) is 144 cm³/mol. The molecule has 2 aromatic heterocycles. The molecule has 1 aliphatic rings. The lowest BCUT2D eigenvalue weighted by molar-refractivity contribution is -0.130. The molecule has 0 aliphatic carbocycles. The standard InChI is InChI=1S/C25H27N5O3S3/c1-5-18-13-29(7-8-30(18)21(31)6-2)24(33)19-10-20(16(4)9-15(19)3)35-22-12-26-25(36-22)28-23(32)17-11-27-34-14-17/h6,9-12,14,18H,2,5,7-8,13H2,1,3-4H3,(H,26,28,32). The third kappa shape index (κ3) is 5.69. The van der Waals surface area contributed by atoms with Gasteiger partial charge in [-0.05, 0) is 55.1 Å². The molecule has 8 nitrogen and oxygen atoms in total. The van der Waals surface area contributed by atoms with Crippen molar-refractivity contribution in [2.24, 2.45) is 0 Å². The Kier molecular flexibility index (Phi) is 8.22. The molecule has 1 fully saturated rings. The van der Waals surface area contributed by atoms with Crippen LogP contribution in [0.5, 0.6) is 0 Å². The number of nitrogens with one attached hydrogen (secondary N) is 1. The monoisotopic (exact) mass is 541 g/mol. The van der Waals surface area contributed by atoms with Gasteiger partial charge in [-0.3, -0.25) is 19.7 Å². The normalized spacial score (nSPS) is 15.6. The lowest BCUT2D eigenvalue weighted by Gasteiger charge is -2.41. The molecule has 1 aliphatic heterocycles. The smallest absolute Gasteiger partial charge is 0.259 e. The van der Waals surface area contributed by atoms with Crippen LogP contribution in [0.1, 0.15) is 45.2 Å². The molecule has 0 radical (unpaired) electrons. The van der Waals surface area contributed by atoms with E-state index in [-0.39, 0.29) is 23.8 Å². The number of hydrogen-bond donors (Lipinski definition) is 1. The van der Waals surface area contributed by atoms with Gasteiger partial charge in [0, 0.05) is 41.5 Å². The lowest BCUT2D eigenvalue weighted by Crippen LogP contribution is -2.56. The van der Waals surface area contributed by atoms with Crippen LogP contribution in [0.15, 0.2) is 51.7 Å². The Labute approximate surface area is 222 Å². The second-order valence-electron chi connectivity index (χ2n) is 8.44. The summed E-state index contributed by atoms with van der Waals surface area (Å²) in [4.78, 5) is 46.9. The maximum atomic E-state index is 13.5. The molecule has 0 saturated carbocycles. The molecule has 3 aromatic rings. The average Bonchev–Trinajstić information content (AvgIpc) is 3.57. The molecule has 11 heteroatoms. The van der Waals surface area contributed by atoms with E-state index in [1.54, 1.807) is 16.5 Å². The summed E-state index contributed by atoms with van der Waals surface area (Å²) in [6.07, 6.45) is 5.35. The highest BCUT2D eigenvalue weighted by Crippen LogP contribution is 2.37.